The molecule has 0 saturated heterocycles. The number of thioether (sulfide) groups is 1. The van der Waals surface area contributed by atoms with Crippen LogP contribution < -0.4 is 0 Å². The zero-order chi connectivity index (χ0) is 6.24. The highest BCUT2D eigenvalue weighted by Gasteiger charge is 1.71. The molecule has 0 unspecified atom stereocenters. The van der Waals surface area contributed by atoms with Crippen molar-refractivity contribution in [2.24, 2.45) is 0 Å². The van der Waals surface area contributed by atoms with E-state index in [1.54, 1.807) is 11.8 Å². The maximum Gasteiger partial charge on any atom is 0.0663 e. The average Bonchev–Trinajstić information content (AvgIpc) is 1.81. The van der Waals surface area contributed by atoms with Crippen molar-refractivity contribution in [3.8, 4) is 6.07 Å². The lowest BCUT2D eigenvalue weighted by molar-refractivity contribution is 1.36. The normalized spacial score (nSPS) is 9.50. The molecular weight excluding hydrogens is 118 g/mol. The number of nitrogens with zero attached hydrogens (tertiary/aromatic N) is 1. The molecule has 8 heavy (non-hydrogen) atoms. The summed E-state index contributed by atoms with van der Waals surface area (Å²) < 4.78 is 0. The Morgan fingerprint density at radius 2 is 2.50 bits per heavy atom. The standard InChI is InChI=1S/C6H8NS/c1-2-8-6-4-3-5-7/h4,6H,1-3H2. The Labute approximate surface area is 54.4 Å². The first-order valence-corrected chi connectivity index (χ1v) is 3.39. The number of allylic oxidation sites excluding steroid dienone is 1. The van der Waals surface area contributed by atoms with Gasteiger partial charge in [-0.3, -0.25) is 0 Å². The van der Waals surface area contributed by atoms with E-state index in [1.165, 1.54) is 0 Å². The number of hydrogen-bond donors (Lipinski definition) is 0. The Kier molecular flexibility index (Phi) is 6.23. The Balaban J connectivity index is 2.98. The van der Waals surface area contributed by atoms with Crippen molar-refractivity contribution in [1.29, 1.82) is 5.26 Å². The summed E-state index contributed by atoms with van der Waals surface area (Å²) in [5.41, 5.74) is 0. The van der Waals surface area contributed by atoms with Crippen molar-refractivity contribution in [3.05, 3.63) is 18.4 Å². The summed E-state index contributed by atoms with van der Waals surface area (Å²) >= 11 is 1.61. The minimum Gasteiger partial charge on any atom is -0.198 e. The first-order valence-electron chi connectivity index (χ1n) is 2.34. The quantitative estimate of drug-likeness (QED) is 0.577. The third kappa shape index (κ3) is 5.58. The fourth-order valence-corrected chi connectivity index (χ4v) is 0.605. The Morgan fingerprint density at radius 1 is 1.75 bits per heavy atom. The smallest absolute Gasteiger partial charge is 0.0663 e. The van der Waals surface area contributed by atoms with Crippen molar-refractivity contribution in [2.75, 3.05) is 5.75 Å². The van der Waals surface area contributed by atoms with Gasteiger partial charge in [0, 0.05) is 0 Å². The summed E-state index contributed by atoms with van der Waals surface area (Å²) in [5.74, 6) is 0.835. The summed E-state index contributed by atoms with van der Waals surface area (Å²) in [6, 6.07) is 2.01. The maximum absolute atomic E-state index is 8.04. The molecule has 0 saturated carbocycles. The molecule has 0 aromatic rings. The SMILES string of the molecule is [CH2]CSC=CCC#N. The largest absolute Gasteiger partial charge is 0.198 e. The van der Waals surface area contributed by atoms with Crippen LogP contribution in [-0.2, 0) is 0 Å². The minimum atomic E-state index is 0.507. The minimum absolute atomic E-state index is 0.507. The molecule has 0 aromatic heterocycles. The van der Waals surface area contributed by atoms with Crippen LogP contribution in [0.5, 0.6) is 0 Å². The van der Waals surface area contributed by atoms with Gasteiger partial charge >= 0.3 is 0 Å². The first kappa shape index (κ1) is 7.58. The molecule has 0 N–H and O–H groups in total. The molecular formula is C6H8NS. The Bertz CT molecular complexity index is 102. The number of hydrogen-bond acceptors (Lipinski definition) is 2. The van der Waals surface area contributed by atoms with Gasteiger partial charge in [0.15, 0.2) is 0 Å². The molecule has 0 heterocycles. The lowest BCUT2D eigenvalue weighted by atomic mass is 10.5. The third-order valence-corrected chi connectivity index (χ3v) is 1.14. The van der Waals surface area contributed by atoms with Gasteiger partial charge in [0.1, 0.15) is 0 Å². The van der Waals surface area contributed by atoms with Crippen molar-refractivity contribution in [3.63, 3.8) is 0 Å². The molecule has 0 aliphatic carbocycles. The molecule has 0 amide bonds. The van der Waals surface area contributed by atoms with Gasteiger partial charge in [0.2, 0.25) is 0 Å². The molecule has 0 bridgehead atoms. The lowest BCUT2D eigenvalue weighted by Gasteiger charge is -1.79. The van der Waals surface area contributed by atoms with E-state index in [9.17, 15) is 0 Å². The molecule has 0 fully saturated rings. The molecule has 0 atom stereocenters. The van der Waals surface area contributed by atoms with Gasteiger partial charge in [-0.05, 0) is 18.1 Å². The second kappa shape index (κ2) is 6.58. The van der Waals surface area contributed by atoms with Crippen LogP contribution in [0.4, 0.5) is 0 Å². The molecule has 0 aromatic carbocycles. The van der Waals surface area contributed by atoms with Gasteiger partial charge < -0.3 is 0 Å². The van der Waals surface area contributed by atoms with Gasteiger partial charge in [0.25, 0.3) is 0 Å². The van der Waals surface area contributed by atoms with E-state index in [2.05, 4.69) is 6.92 Å². The van der Waals surface area contributed by atoms with Crippen LogP contribution >= 0.6 is 11.8 Å². The predicted octanol–water partition coefficient (Wildman–Crippen LogP) is 1.98. The van der Waals surface area contributed by atoms with Crippen LogP contribution in [0.25, 0.3) is 0 Å². The van der Waals surface area contributed by atoms with E-state index in [1.807, 2.05) is 17.6 Å². The van der Waals surface area contributed by atoms with Gasteiger partial charge in [-0.1, -0.05) is 6.08 Å². The van der Waals surface area contributed by atoms with E-state index in [4.69, 9.17) is 5.26 Å². The monoisotopic (exact) mass is 126 g/mol. The molecule has 43 valence electrons. The van der Waals surface area contributed by atoms with Crippen LogP contribution in [0.15, 0.2) is 11.5 Å². The van der Waals surface area contributed by atoms with Crippen molar-refractivity contribution >= 4 is 11.8 Å². The Morgan fingerprint density at radius 3 is 3.00 bits per heavy atom. The fraction of sp³-hybridized carbons (Fsp3) is 0.333. The lowest BCUT2D eigenvalue weighted by Crippen LogP contribution is -1.58. The summed E-state index contributed by atoms with van der Waals surface area (Å²) in [6.07, 6.45) is 2.34. The van der Waals surface area contributed by atoms with Gasteiger partial charge in [-0.25, -0.2) is 0 Å². The van der Waals surface area contributed by atoms with E-state index >= 15 is 0 Å². The summed E-state index contributed by atoms with van der Waals surface area (Å²) in [4.78, 5) is 0. The first-order chi connectivity index (χ1) is 3.91. The van der Waals surface area contributed by atoms with Crippen LogP contribution in [0.2, 0.25) is 0 Å². The van der Waals surface area contributed by atoms with Crippen molar-refractivity contribution in [1.82, 2.24) is 0 Å². The molecule has 1 radical (unpaired) electrons. The van der Waals surface area contributed by atoms with Crippen molar-refractivity contribution < 1.29 is 0 Å². The zero-order valence-corrected chi connectivity index (χ0v) is 5.45. The summed E-state index contributed by atoms with van der Waals surface area (Å²) in [7, 11) is 0. The molecule has 0 rings (SSSR count). The third-order valence-electron chi connectivity index (χ3n) is 0.519. The fourth-order valence-electron chi connectivity index (χ4n) is 0.237. The van der Waals surface area contributed by atoms with Crippen molar-refractivity contribution in [2.45, 2.75) is 6.42 Å². The molecule has 0 aliphatic rings. The maximum atomic E-state index is 8.04. The van der Waals surface area contributed by atoms with E-state index in [0.29, 0.717) is 6.42 Å². The van der Waals surface area contributed by atoms with Crippen LogP contribution in [0.3, 0.4) is 0 Å². The zero-order valence-electron chi connectivity index (χ0n) is 4.63. The second-order valence-electron chi connectivity index (χ2n) is 1.10. The number of rotatable bonds is 3. The van der Waals surface area contributed by atoms with E-state index in [0.717, 1.165) is 5.75 Å². The van der Waals surface area contributed by atoms with Crippen LogP contribution in [0, 0.1) is 18.3 Å². The molecule has 0 aliphatic heterocycles. The van der Waals surface area contributed by atoms with E-state index < -0.39 is 0 Å². The summed E-state index contributed by atoms with van der Waals surface area (Å²) in [5, 5.41) is 9.94. The highest BCUT2D eigenvalue weighted by molar-refractivity contribution is 8.02. The highest BCUT2D eigenvalue weighted by atomic mass is 32.2. The number of nitriles is 1. The van der Waals surface area contributed by atoms with Crippen LogP contribution in [0.1, 0.15) is 6.42 Å². The molecule has 0 spiro atoms. The van der Waals surface area contributed by atoms with Gasteiger partial charge in [-0.2, -0.15) is 5.26 Å². The Hall–Kier alpha value is -0.420. The van der Waals surface area contributed by atoms with E-state index in [-0.39, 0.29) is 0 Å². The van der Waals surface area contributed by atoms with Gasteiger partial charge in [-0.15, -0.1) is 11.8 Å². The average molecular weight is 126 g/mol. The topological polar surface area (TPSA) is 23.8 Å². The second-order valence-corrected chi connectivity index (χ2v) is 2.12. The molecule has 2 heteroatoms. The predicted molar refractivity (Wildman–Crippen MR) is 37.2 cm³/mol. The van der Waals surface area contributed by atoms with Crippen LogP contribution in [-0.4, -0.2) is 5.75 Å². The summed E-state index contributed by atoms with van der Waals surface area (Å²) in [6.45, 7) is 3.61. The highest BCUT2D eigenvalue weighted by Crippen LogP contribution is 1.99. The molecule has 1 nitrogen and oxygen atoms in total. The van der Waals surface area contributed by atoms with Gasteiger partial charge in [0.05, 0.1) is 12.5 Å².